The van der Waals surface area contributed by atoms with Gasteiger partial charge in [0.2, 0.25) is 0 Å². The number of nitrogens with one attached hydrogen (secondary N) is 2. The van der Waals surface area contributed by atoms with Gasteiger partial charge in [-0.25, -0.2) is 9.52 Å². The van der Waals surface area contributed by atoms with E-state index in [0.29, 0.717) is 19.6 Å². The van der Waals surface area contributed by atoms with Crippen molar-refractivity contribution in [1.29, 1.82) is 0 Å². The second-order valence-electron chi connectivity index (χ2n) is 7.85. The molecule has 1 aromatic rings. The molecule has 7 nitrogen and oxygen atoms in total. The highest BCUT2D eigenvalue weighted by atomic mass is 32.2. The Morgan fingerprint density at radius 3 is 2.30 bits per heavy atom. The van der Waals surface area contributed by atoms with E-state index in [2.05, 4.69) is 21.0 Å². The van der Waals surface area contributed by atoms with E-state index in [1.54, 1.807) is 0 Å². The van der Waals surface area contributed by atoms with Gasteiger partial charge >= 0.3 is 16.2 Å². The van der Waals surface area contributed by atoms with Crippen molar-refractivity contribution in [2.24, 2.45) is 0 Å². The second kappa shape index (κ2) is 7.41. The van der Waals surface area contributed by atoms with Gasteiger partial charge in [0.05, 0.1) is 0 Å². The second-order valence-corrected chi connectivity index (χ2v) is 9.52. The Balaban J connectivity index is 0.00000150. The van der Waals surface area contributed by atoms with Crippen LogP contribution < -0.4 is 10.0 Å². The summed E-state index contributed by atoms with van der Waals surface area (Å²) in [6.45, 7) is 2.36. The van der Waals surface area contributed by atoms with Crippen LogP contribution in [-0.4, -0.2) is 56.9 Å². The van der Waals surface area contributed by atoms with Crippen LogP contribution >= 0.6 is 0 Å². The van der Waals surface area contributed by atoms with E-state index >= 15 is 0 Å². The fourth-order valence-corrected chi connectivity index (χ4v) is 5.66. The molecule has 2 amide bonds. The van der Waals surface area contributed by atoms with E-state index in [9.17, 15) is 13.2 Å². The molecule has 0 atom stereocenters. The van der Waals surface area contributed by atoms with Gasteiger partial charge in [0.15, 0.2) is 0 Å². The molecule has 1 fully saturated rings. The van der Waals surface area contributed by atoms with Crippen molar-refractivity contribution < 1.29 is 16.1 Å². The van der Waals surface area contributed by atoms with Crippen LogP contribution in [0.5, 0.6) is 0 Å². The van der Waals surface area contributed by atoms with E-state index in [1.807, 2.05) is 7.05 Å². The zero-order valence-electron chi connectivity index (χ0n) is 15.9. The molecule has 1 aliphatic heterocycles. The third-order valence-electron chi connectivity index (χ3n) is 5.95. The van der Waals surface area contributed by atoms with Crippen molar-refractivity contribution in [1.82, 2.24) is 13.9 Å². The van der Waals surface area contributed by atoms with E-state index < -0.39 is 16.2 Å². The Labute approximate surface area is 164 Å². The maximum absolute atomic E-state index is 12.6. The standard InChI is InChI=1S/C19H28N4O3S.2H2/c1-22-9-4-10-23(12-11-22)27(25,26)21-19(24)20-18-16-7-2-5-14(16)13-15-6-3-8-17(15)18;;/h13H,2-12H2,1H3,(H2,20,21,24);2*1H. The van der Waals surface area contributed by atoms with Crippen LogP contribution in [0.4, 0.5) is 10.5 Å². The molecule has 4 rings (SSSR count). The van der Waals surface area contributed by atoms with Gasteiger partial charge in [-0.1, -0.05) is 6.07 Å². The first kappa shape index (κ1) is 18.7. The van der Waals surface area contributed by atoms with Crippen LogP contribution in [0.15, 0.2) is 6.07 Å². The molecule has 0 bridgehead atoms. The summed E-state index contributed by atoms with van der Waals surface area (Å²) in [5, 5.41) is 2.90. The number of aryl methyl sites for hydroxylation is 2. The molecule has 0 aromatic heterocycles. The highest BCUT2D eigenvalue weighted by molar-refractivity contribution is 7.87. The number of rotatable bonds is 3. The average molecular weight is 397 g/mol. The summed E-state index contributed by atoms with van der Waals surface area (Å²) in [6, 6.07) is 1.64. The first-order valence-corrected chi connectivity index (χ1v) is 11.3. The van der Waals surface area contributed by atoms with Crippen LogP contribution in [0.25, 0.3) is 0 Å². The van der Waals surface area contributed by atoms with Gasteiger partial charge in [-0.2, -0.15) is 12.7 Å². The van der Waals surface area contributed by atoms with Crippen molar-refractivity contribution in [3.8, 4) is 0 Å². The number of hydrogen-bond acceptors (Lipinski definition) is 4. The van der Waals surface area contributed by atoms with Crippen LogP contribution in [0.1, 0.15) is 44.4 Å². The molecule has 0 unspecified atom stereocenters. The van der Waals surface area contributed by atoms with Crippen LogP contribution in [-0.2, 0) is 35.9 Å². The quantitative estimate of drug-likeness (QED) is 0.820. The summed E-state index contributed by atoms with van der Waals surface area (Å²) in [7, 11) is -1.85. The number of benzene rings is 1. The largest absolute Gasteiger partial charge is 0.333 e. The maximum Gasteiger partial charge on any atom is 0.333 e. The lowest BCUT2D eigenvalue weighted by molar-refractivity contribution is 0.255. The summed E-state index contributed by atoms with van der Waals surface area (Å²) < 4.78 is 28.9. The molecule has 2 aliphatic carbocycles. The van der Waals surface area contributed by atoms with Gasteiger partial charge < -0.3 is 10.2 Å². The predicted molar refractivity (Wildman–Crippen MR) is 109 cm³/mol. The van der Waals surface area contributed by atoms with E-state index in [0.717, 1.165) is 57.2 Å². The molecule has 8 heteroatoms. The molecule has 3 aliphatic rings. The summed E-state index contributed by atoms with van der Waals surface area (Å²) >= 11 is 0. The minimum Gasteiger partial charge on any atom is -0.307 e. The van der Waals surface area contributed by atoms with Crippen molar-refractivity contribution >= 4 is 21.9 Å². The summed E-state index contributed by atoms with van der Waals surface area (Å²) in [6.07, 6.45) is 6.92. The van der Waals surface area contributed by atoms with Gasteiger partial charge in [0.1, 0.15) is 0 Å². The summed E-state index contributed by atoms with van der Waals surface area (Å²) in [5.41, 5.74) is 5.87. The number of fused-ring (bicyclic) bond motifs is 2. The SMILES string of the molecule is CN1CCCN(S(=O)(=O)NC(=O)Nc2c3c(cc4c2CCC4)CCC3)CC1.[HH].[HH]. The topological polar surface area (TPSA) is 81.8 Å². The predicted octanol–water partition coefficient (Wildman–Crippen LogP) is 2.16. The first-order valence-electron chi connectivity index (χ1n) is 9.88. The number of carbonyl (C=O) groups is 1. The lowest BCUT2D eigenvalue weighted by atomic mass is 9.99. The molecule has 27 heavy (non-hydrogen) atoms. The number of anilines is 1. The van der Waals surface area contributed by atoms with Gasteiger partial charge in [-0.15, -0.1) is 0 Å². The molecule has 1 saturated heterocycles. The smallest absolute Gasteiger partial charge is 0.307 e. The minimum atomic E-state index is -3.83. The zero-order chi connectivity index (χ0) is 19.0. The lowest BCUT2D eigenvalue weighted by Gasteiger charge is -2.21. The van der Waals surface area contributed by atoms with Crippen molar-refractivity contribution in [3.63, 3.8) is 0 Å². The molecule has 0 radical (unpaired) electrons. The molecule has 0 saturated carbocycles. The van der Waals surface area contributed by atoms with Crippen LogP contribution in [0, 0.1) is 0 Å². The van der Waals surface area contributed by atoms with Crippen LogP contribution in [0.3, 0.4) is 0 Å². The van der Waals surface area contributed by atoms with Crippen molar-refractivity contribution in [2.45, 2.75) is 44.9 Å². The fourth-order valence-electron chi connectivity index (χ4n) is 4.55. The fraction of sp³-hybridized carbons (Fsp3) is 0.632. The Kier molecular flexibility index (Phi) is 5.13. The average Bonchev–Trinajstić information content (AvgIpc) is 3.20. The number of carbonyl (C=O) groups excluding carboxylic acids is 1. The zero-order valence-corrected chi connectivity index (χ0v) is 16.7. The number of urea groups is 1. The maximum atomic E-state index is 12.6. The Hall–Kier alpha value is -1.64. The van der Waals surface area contributed by atoms with E-state index in [4.69, 9.17) is 0 Å². The monoisotopic (exact) mass is 396 g/mol. The molecular weight excluding hydrogens is 364 g/mol. The number of likely N-dealkylation sites (N-methyl/N-ethyl adjacent to an activating group) is 1. The highest BCUT2D eigenvalue weighted by Gasteiger charge is 2.28. The molecule has 152 valence electrons. The molecule has 1 heterocycles. The van der Waals surface area contributed by atoms with Gasteiger partial charge in [0.25, 0.3) is 0 Å². The number of amides is 2. The third-order valence-corrected chi connectivity index (χ3v) is 7.44. The highest BCUT2D eigenvalue weighted by Crippen LogP contribution is 2.38. The lowest BCUT2D eigenvalue weighted by Crippen LogP contribution is -2.46. The normalized spacial score (nSPS) is 20.8. The Morgan fingerprint density at radius 1 is 0.963 bits per heavy atom. The first-order chi connectivity index (χ1) is 12.9. The van der Waals surface area contributed by atoms with Gasteiger partial charge in [-0.3, -0.25) is 0 Å². The molecule has 1 aromatic carbocycles. The number of nitrogens with zero attached hydrogens (tertiary/aromatic N) is 2. The van der Waals surface area contributed by atoms with Gasteiger partial charge in [-0.05, 0) is 80.8 Å². The summed E-state index contributed by atoms with van der Waals surface area (Å²) in [4.78, 5) is 14.7. The number of hydrogen-bond donors (Lipinski definition) is 2. The third kappa shape index (κ3) is 3.83. The summed E-state index contributed by atoms with van der Waals surface area (Å²) in [5.74, 6) is 0. The Morgan fingerprint density at radius 2 is 1.63 bits per heavy atom. The minimum absolute atomic E-state index is 0. The van der Waals surface area contributed by atoms with E-state index in [1.165, 1.54) is 26.6 Å². The Bertz CT molecular complexity index is 831. The molecule has 2 N–H and O–H groups in total. The van der Waals surface area contributed by atoms with Gasteiger partial charge in [0, 0.05) is 28.2 Å². The molecular formula is C19H32N4O3S. The van der Waals surface area contributed by atoms with Crippen molar-refractivity contribution in [2.75, 3.05) is 38.5 Å². The molecule has 0 spiro atoms. The van der Waals surface area contributed by atoms with E-state index in [-0.39, 0.29) is 2.85 Å². The van der Waals surface area contributed by atoms with Crippen molar-refractivity contribution in [3.05, 3.63) is 28.3 Å². The van der Waals surface area contributed by atoms with Crippen LogP contribution in [0.2, 0.25) is 0 Å².